The third kappa shape index (κ3) is 3.43. The van der Waals surface area contributed by atoms with Crippen LogP contribution >= 0.6 is 11.3 Å². The van der Waals surface area contributed by atoms with Crippen LogP contribution in [0, 0.1) is 5.82 Å². The molecule has 1 heterocycles. The molecule has 1 atom stereocenters. The quantitative estimate of drug-likeness (QED) is 0.883. The SMILES string of the molecule is CC(C)(C)c1csc(CS(=O)c2ccc(F)cc2N)n1. The average Bonchev–Trinajstić information content (AvgIpc) is 2.76. The lowest BCUT2D eigenvalue weighted by Crippen LogP contribution is -2.11. The van der Waals surface area contributed by atoms with Gasteiger partial charge in [0, 0.05) is 10.8 Å². The summed E-state index contributed by atoms with van der Waals surface area (Å²) >= 11 is 1.49. The molecule has 0 saturated carbocycles. The number of halogens is 1. The minimum atomic E-state index is -1.31. The number of rotatable bonds is 3. The fourth-order valence-electron chi connectivity index (χ4n) is 1.64. The monoisotopic (exact) mass is 312 g/mol. The highest BCUT2D eigenvalue weighted by Gasteiger charge is 2.19. The molecule has 2 rings (SSSR count). The lowest BCUT2D eigenvalue weighted by Gasteiger charge is -2.14. The lowest BCUT2D eigenvalue weighted by molar-refractivity contribution is 0.571. The van der Waals surface area contributed by atoms with E-state index < -0.39 is 16.6 Å². The van der Waals surface area contributed by atoms with Gasteiger partial charge in [-0.05, 0) is 18.2 Å². The third-order valence-electron chi connectivity index (χ3n) is 2.79. The summed E-state index contributed by atoms with van der Waals surface area (Å²) in [5, 5.41) is 2.79. The molecule has 3 nitrogen and oxygen atoms in total. The van der Waals surface area contributed by atoms with E-state index >= 15 is 0 Å². The third-order valence-corrected chi connectivity index (χ3v) is 5.22. The van der Waals surface area contributed by atoms with Crippen molar-refractivity contribution in [2.24, 2.45) is 0 Å². The molecular formula is C14H17FN2OS2. The summed E-state index contributed by atoms with van der Waals surface area (Å²) in [5.41, 5.74) is 6.88. The zero-order valence-electron chi connectivity index (χ0n) is 11.6. The number of aromatic nitrogens is 1. The van der Waals surface area contributed by atoms with Crippen LogP contribution in [-0.2, 0) is 22.0 Å². The molecule has 1 aromatic carbocycles. The lowest BCUT2D eigenvalue weighted by atomic mass is 9.93. The van der Waals surface area contributed by atoms with Gasteiger partial charge in [-0.1, -0.05) is 20.8 Å². The van der Waals surface area contributed by atoms with E-state index in [1.54, 1.807) is 0 Å². The van der Waals surface area contributed by atoms with Gasteiger partial charge >= 0.3 is 0 Å². The number of nitrogens with zero attached hydrogens (tertiary/aromatic N) is 1. The summed E-state index contributed by atoms with van der Waals surface area (Å²) in [6.07, 6.45) is 0. The first-order valence-corrected chi connectivity index (χ1v) is 8.35. The maximum Gasteiger partial charge on any atom is 0.125 e. The fourth-order valence-corrected chi connectivity index (χ4v) is 4.02. The molecule has 0 radical (unpaired) electrons. The Hall–Kier alpha value is -1.27. The van der Waals surface area contributed by atoms with Crippen molar-refractivity contribution >= 4 is 27.8 Å². The summed E-state index contributed by atoms with van der Waals surface area (Å²) in [4.78, 5) is 4.96. The van der Waals surface area contributed by atoms with Crippen LogP contribution in [0.2, 0.25) is 0 Å². The van der Waals surface area contributed by atoms with Crippen molar-refractivity contribution in [3.05, 3.63) is 40.1 Å². The molecule has 2 N–H and O–H groups in total. The number of benzene rings is 1. The maximum absolute atomic E-state index is 13.0. The minimum absolute atomic E-state index is 0.0227. The van der Waals surface area contributed by atoms with Crippen molar-refractivity contribution < 1.29 is 8.60 Å². The molecule has 1 unspecified atom stereocenters. The molecule has 0 aliphatic carbocycles. The van der Waals surface area contributed by atoms with Crippen molar-refractivity contribution in [2.45, 2.75) is 36.8 Å². The molecule has 108 valence electrons. The predicted molar refractivity (Wildman–Crippen MR) is 81.7 cm³/mol. The van der Waals surface area contributed by atoms with E-state index in [-0.39, 0.29) is 11.1 Å². The second-order valence-electron chi connectivity index (χ2n) is 5.55. The molecule has 0 aliphatic heterocycles. The smallest absolute Gasteiger partial charge is 0.125 e. The molecule has 0 spiro atoms. The first-order chi connectivity index (χ1) is 9.27. The minimum Gasteiger partial charge on any atom is -0.398 e. The van der Waals surface area contributed by atoms with Crippen LogP contribution in [0.3, 0.4) is 0 Å². The van der Waals surface area contributed by atoms with Gasteiger partial charge in [0.15, 0.2) is 0 Å². The van der Waals surface area contributed by atoms with Gasteiger partial charge in [0.25, 0.3) is 0 Å². The van der Waals surface area contributed by atoms with Gasteiger partial charge in [-0.2, -0.15) is 0 Å². The summed E-state index contributed by atoms with van der Waals surface area (Å²) in [6, 6.07) is 3.93. The molecule has 6 heteroatoms. The predicted octanol–water partition coefficient (Wildman–Crippen LogP) is 3.47. The van der Waals surface area contributed by atoms with Crippen LogP contribution < -0.4 is 5.73 Å². The molecule has 0 bridgehead atoms. The van der Waals surface area contributed by atoms with Crippen LogP contribution in [0.1, 0.15) is 31.5 Å². The van der Waals surface area contributed by atoms with E-state index in [1.807, 2.05) is 5.38 Å². The molecule has 20 heavy (non-hydrogen) atoms. The van der Waals surface area contributed by atoms with Crippen LogP contribution in [0.25, 0.3) is 0 Å². The second kappa shape index (κ2) is 5.61. The van der Waals surface area contributed by atoms with Crippen molar-refractivity contribution in [3.63, 3.8) is 0 Å². The zero-order chi connectivity index (χ0) is 14.9. The summed E-state index contributed by atoms with van der Waals surface area (Å²) in [7, 11) is -1.31. The first-order valence-electron chi connectivity index (χ1n) is 6.15. The average molecular weight is 312 g/mol. The Kier molecular flexibility index (Phi) is 4.25. The van der Waals surface area contributed by atoms with Gasteiger partial charge in [0.05, 0.1) is 32.8 Å². The van der Waals surface area contributed by atoms with Crippen molar-refractivity contribution in [3.8, 4) is 0 Å². The van der Waals surface area contributed by atoms with E-state index in [2.05, 4.69) is 25.8 Å². The molecule has 1 aromatic heterocycles. The normalized spacial score (nSPS) is 13.4. The van der Waals surface area contributed by atoms with E-state index in [9.17, 15) is 8.60 Å². The van der Waals surface area contributed by atoms with Crippen LogP contribution in [0.4, 0.5) is 10.1 Å². The Labute approximate surface area is 124 Å². The molecular weight excluding hydrogens is 295 g/mol. The Bertz CT molecular complexity index is 647. The van der Waals surface area contributed by atoms with Crippen LogP contribution in [0.5, 0.6) is 0 Å². The molecule has 0 saturated heterocycles. The van der Waals surface area contributed by atoms with Crippen LogP contribution in [-0.4, -0.2) is 9.19 Å². The number of hydrogen-bond acceptors (Lipinski definition) is 4. The number of hydrogen-bond donors (Lipinski definition) is 1. The highest BCUT2D eigenvalue weighted by molar-refractivity contribution is 7.84. The molecule has 0 fully saturated rings. The Morgan fingerprint density at radius 1 is 1.40 bits per heavy atom. The fraction of sp³-hybridized carbons (Fsp3) is 0.357. The summed E-state index contributed by atoms with van der Waals surface area (Å²) in [6.45, 7) is 6.25. The van der Waals surface area contributed by atoms with Gasteiger partial charge in [-0.25, -0.2) is 9.37 Å². The van der Waals surface area contributed by atoms with Crippen molar-refractivity contribution in [1.82, 2.24) is 4.98 Å². The zero-order valence-corrected chi connectivity index (χ0v) is 13.3. The Balaban J connectivity index is 2.17. The highest BCUT2D eigenvalue weighted by Crippen LogP contribution is 2.26. The van der Waals surface area contributed by atoms with E-state index in [0.29, 0.717) is 10.6 Å². The second-order valence-corrected chi connectivity index (χ2v) is 7.91. The number of thiazole rings is 1. The maximum atomic E-state index is 13.0. The van der Waals surface area contributed by atoms with Gasteiger partial charge in [0.2, 0.25) is 0 Å². The van der Waals surface area contributed by atoms with Gasteiger partial charge in [-0.15, -0.1) is 11.3 Å². The van der Waals surface area contributed by atoms with Gasteiger partial charge in [0.1, 0.15) is 10.8 Å². The Morgan fingerprint density at radius 3 is 2.65 bits per heavy atom. The topological polar surface area (TPSA) is 56.0 Å². The van der Waals surface area contributed by atoms with Gasteiger partial charge < -0.3 is 5.73 Å². The van der Waals surface area contributed by atoms with E-state index in [0.717, 1.165) is 10.7 Å². The van der Waals surface area contributed by atoms with E-state index in [4.69, 9.17) is 5.73 Å². The molecule has 2 aromatic rings. The number of nitrogen functional groups attached to an aromatic ring is 1. The standard InChI is InChI=1S/C14H17FN2OS2/c1-14(2,3)12-7-19-13(17-12)8-20(18)11-5-4-9(15)6-10(11)16/h4-7H,8,16H2,1-3H3. The molecule has 0 aliphatic rings. The Morgan fingerprint density at radius 2 is 2.10 bits per heavy atom. The highest BCUT2D eigenvalue weighted by atomic mass is 32.2. The van der Waals surface area contributed by atoms with Crippen LogP contribution in [0.15, 0.2) is 28.5 Å². The largest absolute Gasteiger partial charge is 0.398 e. The first kappa shape index (κ1) is 15.1. The molecule has 0 amide bonds. The van der Waals surface area contributed by atoms with E-state index in [1.165, 1.54) is 29.5 Å². The summed E-state index contributed by atoms with van der Waals surface area (Å²) in [5.74, 6) is -0.121. The number of nitrogens with two attached hydrogens (primary N) is 1. The van der Waals surface area contributed by atoms with Gasteiger partial charge in [-0.3, -0.25) is 4.21 Å². The van der Waals surface area contributed by atoms with Crippen molar-refractivity contribution in [1.29, 1.82) is 0 Å². The number of anilines is 1. The summed E-state index contributed by atoms with van der Waals surface area (Å²) < 4.78 is 25.3. The van der Waals surface area contributed by atoms with Crippen molar-refractivity contribution in [2.75, 3.05) is 5.73 Å².